The minimum absolute atomic E-state index is 0.0117. The highest BCUT2D eigenvalue weighted by molar-refractivity contribution is 6.18. The summed E-state index contributed by atoms with van der Waals surface area (Å²) >= 11 is 5.71. The van der Waals surface area contributed by atoms with Crippen molar-refractivity contribution in [2.75, 3.05) is 19.1 Å². The standard InChI is InChI=1S/C12H15ClO3/c1-2-14-10-5-3-4-9(6-10)12-15-8-11(7-13)16-12/h3-6,11-12H,2,7-8H2,1H3. The smallest absolute Gasteiger partial charge is 0.184 e. The summed E-state index contributed by atoms with van der Waals surface area (Å²) in [5.74, 6) is 1.29. The monoisotopic (exact) mass is 242 g/mol. The van der Waals surface area contributed by atoms with E-state index in [0.717, 1.165) is 11.3 Å². The summed E-state index contributed by atoms with van der Waals surface area (Å²) in [6.07, 6.45) is -0.327. The number of ether oxygens (including phenoxy) is 3. The Kier molecular flexibility index (Phi) is 4.04. The van der Waals surface area contributed by atoms with Crippen molar-refractivity contribution in [2.45, 2.75) is 19.3 Å². The van der Waals surface area contributed by atoms with E-state index in [0.29, 0.717) is 19.1 Å². The molecule has 2 rings (SSSR count). The van der Waals surface area contributed by atoms with Crippen LogP contribution in [-0.4, -0.2) is 25.2 Å². The van der Waals surface area contributed by atoms with Gasteiger partial charge >= 0.3 is 0 Å². The zero-order chi connectivity index (χ0) is 11.4. The lowest BCUT2D eigenvalue weighted by Gasteiger charge is -2.12. The molecule has 1 fully saturated rings. The van der Waals surface area contributed by atoms with Gasteiger partial charge in [-0.2, -0.15) is 0 Å². The molecule has 2 unspecified atom stereocenters. The van der Waals surface area contributed by atoms with E-state index in [9.17, 15) is 0 Å². The van der Waals surface area contributed by atoms with E-state index in [-0.39, 0.29) is 12.4 Å². The lowest BCUT2D eigenvalue weighted by atomic mass is 10.2. The third-order valence-electron chi connectivity index (χ3n) is 2.36. The maximum Gasteiger partial charge on any atom is 0.184 e. The highest BCUT2D eigenvalue weighted by Gasteiger charge is 2.26. The number of hydrogen-bond acceptors (Lipinski definition) is 3. The van der Waals surface area contributed by atoms with Crippen LogP contribution in [-0.2, 0) is 9.47 Å². The third-order valence-corrected chi connectivity index (χ3v) is 2.71. The molecule has 0 bridgehead atoms. The first-order chi connectivity index (χ1) is 7.83. The molecule has 0 saturated carbocycles. The fraction of sp³-hybridized carbons (Fsp3) is 0.500. The van der Waals surface area contributed by atoms with Gasteiger partial charge in [0.1, 0.15) is 5.75 Å². The minimum atomic E-state index is -0.316. The van der Waals surface area contributed by atoms with Gasteiger partial charge in [0.25, 0.3) is 0 Å². The summed E-state index contributed by atoms with van der Waals surface area (Å²) in [6, 6.07) is 7.75. The number of rotatable bonds is 4. The van der Waals surface area contributed by atoms with Crippen LogP contribution in [0.3, 0.4) is 0 Å². The first-order valence-corrected chi connectivity index (χ1v) is 5.92. The summed E-state index contributed by atoms with van der Waals surface area (Å²) in [6.45, 7) is 3.16. The minimum Gasteiger partial charge on any atom is -0.494 e. The zero-order valence-electron chi connectivity index (χ0n) is 9.19. The van der Waals surface area contributed by atoms with Crippen molar-refractivity contribution in [2.24, 2.45) is 0 Å². The second-order valence-electron chi connectivity index (χ2n) is 3.58. The number of alkyl halides is 1. The predicted molar refractivity (Wildman–Crippen MR) is 61.9 cm³/mol. The first kappa shape index (κ1) is 11.7. The first-order valence-electron chi connectivity index (χ1n) is 5.39. The van der Waals surface area contributed by atoms with Crippen molar-refractivity contribution in [3.05, 3.63) is 29.8 Å². The summed E-state index contributed by atoms with van der Waals surface area (Å²) in [4.78, 5) is 0. The Morgan fingerprint density at radius 2 is 2.38 bits per heavy atom. The molecule has 0 spiro atoms. The number of halogens is 1. The van der Waals surface area contributed by atoms with E-state index < -0.39 is 0 Å². The van der Waals surface area contributed by atoms with E-state index in [2.05, 4.69) is 0 Å². The lowest BCUT2D eigenvalue weighted by Crippen LogP contribution is -2.10. The summed E-state index contributed by atoms with van der Waals surface area (Å²) in [5, 5.41) is 0. The van der Waals surface area contributed by atoms with E-state index in [1.54, 1.807) is 0 Å². The SMILES string of the molecule is CCOc1cccc(C2OCC(CCl)O2)c1. The topological polar surface area (TPSA) is 27.7 Å². The van der Waals surface area contributed by atoms with Crippen LogP contribution < -0.4 is 4.74 Å². The van der Waals surface area contributed by atoms with Crippen LogP contribution in [0.1, 0.15) is 18.8 Å². The van der Waals surface area contributed by atoms with Gasteiger partial charge in [-0.05, 0) is 19.1 Å². The summed E-state index contributed by atoms with van der Waals surface area (Å²) in [5.41, 5.74) is 0.971. The second kappa shape index (κ2) is 5.53. The van der Waals surface area contributed by atoms with Crippen LogP contribution in [0.15, 0.2) is 24.3 Å². The molecule has 0 aliphatic carbocycles. The molecule has 1 aromatic rings. The predicted octanol–water partition coefficient (Wildman–Crippen LogP) is 2.74. The van der Waals surface area contributed by atoms with Crippen LogP contribution in [0.25, 0.3) is 0 Å². The lowest BCUT2D eigenvalue weighted by molar-refractivity contribution is -0.0568. The molecular formula is C12H15ClO3. The molecule has 1 aliphatic heterocycles. The second-order valence-corrected chi connectivity index (χ2v) is 3.89. The average molecular weight is 243 g/mol. The van der Waals surface area contributed by atoms with Gasteiger partial charge in [-0.15, -0.1) is 11.6 Å². The van der Waals surface area contributed by atoms with Crippen molar-refractivity contribution >= 4 is 11.6 Å². The maximum absolute atomic E-state index is 5.71. The Balaban J connectivity index is 2.06. The van der Waals surface area contributed by atoms with Gasteiger partial charge < -0.3 is 14.2 Å². The Morgan fingerprint density at radius 3 is 3.06 bits per heavy atom. The van der Waals surface area contributed by atoms with Crippen LogP contribution in [0, 0.1) is 0 Å². The van der Waals surface area contributed by atoms with Gasteiger partial charge in [0.05, 0.1) is 25.2 Å². The molecule has 1 aliphatic rings. The number of benzene rings is 1. The molecule has 0 radical (unpaired) electrons. The van der Waals surface area contributed by atoms with Crippen molar-refractivity contribution in [1.82, 2.24) is 0 Å². The van der Waals surface area contributed by atoms with Crippen LogP contribution in [0.4, 0.5) is 0 Å². The highest BCUT2D eigenvalue weighted by Crippen LogP contribution is 2.29. The molecule has 4 heteroatoms. The van der Waals surface area contributed by atoms with Crippen LogP contribution in [0.2, 0.25) is 0 Å². The highest BCUT2D eigenvalue weighted by atomic mass is 35.5. The normalized spacial score (nSPS) is 24.6. The molecule has 1 heterocycles. The van der Waals surface area contributed by atoms with E-state index in [1.165, 1.54) is 0 Å². The van der Waals surface area contributed by atoms with E-state index >= 15 is 0 Å². The maximum atomic E-state index is 5.71. The Hall–Kier alpha value is -0.770. The molecule has 88 valence electrons. The Bertz CT molecular complexity index is 343. The molecule has 0 N–H and O–H groups in total. The Labute approximate surface area is 100 Å². The third kappa shape index (κ3) is 2.67. The Morgan fingerprint density at radius 1 is 1.50 bits per heavy atom. The molecule has 16 heavy (non-hydrogen) atoms. The average Bonchev–Trinajstić information content (AvgIpc) is 2.78. The molecule has 3 nitrogen and oxygen atoms in total. The van der Waals surface area contributed by atoms with E-state index in [1.807, 2.05) is 31.2 Å². The quantitative estimate of drug-likeness (QED) is 0.760. The van der Waals surface area contributed by atoms with Crippen molar-refractivity contribution < 1.29 is 14.2 Å². The van der Waals surface area contributed by atoms with Gasteiger partial charge in [-0.1, -0.05) is 12.1 Å². The van der Waals surface area contributed by atoms with Crippen molar-refractivity contribution in [1.29, 1.82) is 0 Å². The van der Waals surface area contributed by atoms with Crippen molar-refractivity contribution in [3.63, 3.8) is 0 Å². The van der Waals surface area contributed by atoms with Gasteiger partial charge in [-0.3, -0.25) is 0 Å². The molecule has 2 atom stereocenters. The van der Waals surface area contributed by atoms with E-state index in [4.69, 9.17) is 25.8 Å². The summed E-state index contributed by atoms with van der Waals surface area (Å²) in [7, 11) is 0. The molecule has 0 amide bonds. The molecule has 1 aromatic carbocycles. The van der Waals surface area contributed by atoms with Gasteiger partial charge in [0, 0.05) is 5.56 Å². The van der Waals surface area contributed by atoms with Crippen LogP contribution in [0.5, 0.6) is 5.75 Å². The van der Waals surface area contributed by atoms with Gasteiger partial charge in [0.2, 0.25) is 0 Å². The summed E-state index contributed by atoms with van der Waals surface area (Å²) < 4.78 is 16.6. The zero-order valence-corrected chi connectivity index (χ0v) is 9.94. The fourth-order valence-corrected chi connectivity index (χ4v) is 1.78. The molecule has 0 aromatic heterocycles. The van der Waals surface area contributed by atoms with Gasteiger partial charge in [-0.25, -0.2) is 0 Å². The number of hydrogen-bond donors (Lipinski definition) is 0. The van der Waals surface area contributed by atoms with Crippen LogP contribution >= 0.6 is 11.6 Å². The van der Waals surface area contributed by atoms with Gasteiger partial charge in [0.15, 0.2) is 6.29 Å². The van der Waals surface area contributed by atoms with Crippen molar-refractivity contribution in [3.8, 4) is 5.75 Å². The molecular weight excluding hydrogens is 228 g/mol. The fourth-order valence-electron chi connectivity index (χ4n) is 1.62. The largest absolute Gasteiger partial charge is 0.494 e. The molecule has 1 saturated heterocycles.